The average molecular weight is 334 g/mol. The van der Waals surface area contributed by atoms with E-state index in [0.29, 0.717) is 17.6 Å². The van der Waals surface area contributed by atoms with E-state index >= 15 is 0 Å². The van der Waals surface area contributed by atoms with Gasteiger partial charge in [0.15, 0.2) is 5.75 Å². The minimum atomic E-state index is -2.34. The molecule has 0 fully saturated rings. The van der Waals surface area contributed by atoms with E-state index < -0.39 is 11.4 Å². The summed E-state index contributed by atoms with van der Waals surface area (Å²) < 4.78 is 26.1. The Labute approximate surface area is 141 Å². The van der Waals surface area contributed by atoms with E-state index in [9.17, 15) is 8.76 Å². The lowest BCUT2D eigenvalue weighted by atomic mass is 9.79. The molecule has 126 valence electrons. The van der Waals surface area contributed by atoms with Crippen molar-refractivity contribution < 1.29 is 12.9 Å². The van der Waals surface area contributed by atoms with Gasteiger partial charge in [-0.3, -0.25) is 4.55 Å². The van der Waals surface area contributed by atoms with Gasteiger partial charge >= 0.3 is 11.4 Å². The van der Waals surface area contributed by atoms with Crippen LogP contribution in [0.25, 0.3) is 10.8 Å². The van der Waals surface area contributed by atoms with Crippen LogP contribution in [0.15, 0.2) is 24.3 Å². The first kappa shape index (κ1) is 18.0. The fourth-order valence-electron chi connectivity index (χ4n) is 3.45. The van der Waals surface area contributed by atoms with Crippen LogP contribution in [-0.2, 0) is 11.4 Å². The molecule has 23 heavy (non-hydrogen) atoms. The van der Waals surface area contributed by atoms with Crippen LogP contribution in [0.4, 0.5) is 0 Å². The van der Waals surface area contributed by atoms with Gasteiger partial charge in [-0.1, -0.05) is 65.8 Å². The van der Waals surface area contributed by atoms with Crippen molar-refractivity contribution in [3.63, 3.8) is 0 Å². The van der Waals surface area contributed by atoms with Crippen molar-refractivity contribution in [3.8, 4) is 5.75 Å². The first-order valence-corrected chi connectivity index (χ1v) is 9.16. The van der Waals surface area contributed by atoms with Gasteiger partial charge < -0.3 is 4.18 Å². The van der Waals surface area contributed by atoms with Crippen molar-refractivity contribution in [3.05, 3.63) is 41.0 Å². The number of hydrogen-bond donors (Lipinski definition) is 1. The molecule has 3 nitrogen and oxygen atoms in total. The smallest absolute Gasteiger partial charge is 0.357 e. The average Bonchev–Trinajstić information content (AvgIpc) is 2.45. The lowest BCUT2D eigenvalue weighted by Crippen LogP contribution is -2.11. The second-order valence-corrected chi connectivity index (χ2v) is 7.48. The molecule has 4 heteroatoms. The maximum Gasteiger partial charge on any atom is 0.357 e. The number of hydrogen-bond acceptors (Lipinski definition) is 2. The molecule has 0 amide bonds. The third kappa shape index (κ3) is 3.43. The van der Waals surface area contributed by atoms with E-state index in [1.54, 1.807) is 0 Å². The quantitative estimate of drug-likeness (QED) is 0.711. The highest BCUT2D eigenvalue weighted by Crippen LogP contribution is 2.45. The molecule has 0 spiro atoms. The fraction of sp³-hybridized carbons (Fsp3) is 0.474. The molecule has 0 radical (unpaired) electrons. The van der Waals surface area contributed by atoms with Crippen LogP contribution in [-0.4, -0.2) is 8.76 Å². The van der Waals surface area contributed by atoms with Gasteiger partial charge in [0.25, 0.3) is 0 Å². The summed E-state index contributed by atoms with van der Waals surface area (Å²) in [5.41, 5.74) is 3.61. The van der Waals surface area contributed by atoms with Crippen LogP contribution >= 0.6 is 0 Å². The first-order valence-electron chi connectivity index (χ1n) is 8.13. The Bertz CT molecular complexity index is 733. The zero-order valence-electron chi connectivity index (χ0n) is 14.7. The molecule has 2 rings (SSSR count). The standard InChI is InChI=1S/C19H26O3S/c1-11(2)16-14-9-7-8-10-15(14)19(22-23(20)21)18(13(5)6)17(16)12(3)4/h7-13H,1-6H3,(H,20,21). The lowest BCUT2D eigenvalue weighted by Gasteiger charge is -2.27. The molecule has 1 atom stereocenters. The summed E-state index contributed by atoms with van der Waals surface area (Å²) >= 11 is -2.34. The first-order chi connectivity index (χ1) is 10.8. The van der Waals surface area contributed by atoms with Crippen molar-refractivity contribution in [2.75, 3.05) is 0 Å². The van der Waals surface area contributed by atoms with Crippen LogP contribution in [0, 0.1) is 0 Å². The molecule has 2 aromatic rings. The van der Waals surface area contributed by atoms with E-state index in [1.165, 1.54) is 11.1 Å². The summed E-state index contributed by atoms with van der Waals surface area (Å²) in [6, 6.07) is 8.00. The number of fused-ring (bicyclic) bond motifs is 1. The van der Waals surface area contributed by atoms with E-state index in [2.05, 4.69) is 47.6 Å². The van der Waals surface area contributed by atoms with Crippen LogP contribution in [0.2, 0.25) is 0 Å². The highest BCUT2D eigenvalue weighted by atomic mass is 32.2. The van der Waals surface area contributed by atoms with E-state index in [1.807, 2.05) is 18.2 Å². The largest absolute Gasteiger partial charge is 0.379 e. The summed E-state index contributed by atoms with van der Waals surface area (Å²) in [6.07, 6.45) is 0. The maximum atomic E-state index is 11.4. The van der Waals surface area contributed by atoms with Gasteiger partial charge in [-0.2, -0.15) is 4.21 Å². The molecule has 0 saturated heterocycles. The summed E-state index contributed by atoms with van der Waals surface area (Å²) in [4.78, 5) is 0. The zero-order valence-corrected chi connectivity index (χ0v) is 15.5. The number of rotatable bonds is 5. The summed E-state index contributed by atoms with van der Waals surface area (Å²) in [6.45, 7) is 12.9. The van der Waals surface area contributed by atoms with Crippen LogP contribution in [0.3, 0.4) is 0 Å². The van der Waals surface area contributed by atoms with Crippen molar-refractivity contribution in [2.45, 2.75) is 59.3 Å². The van der Waals surface area contributed by atoms with Crippen LogP contribution < -0.4 is 4.18 Å². The topological polar surface area (TPSA) is 46.5 Å². The molecule has 0 aliphatic rings. The molecule has 0 saturated carbocycles. The van der Waals surface area contributed by atoms with E-state index in [0.717, 1.165) is 16.3 Å². The van der Waals surface area contributed by atoms with Gasteiger partial charge in [-0.05, 0) is 34.3 Å². The lowest BCUT2D eigenvalue weighted by molar-refractivity contribution is 0.455. The Morgan fingerprint density at radius 2 is 1.30 bits per heavy atom. The molecule has 0 bridgehead atoms. The predicted octanol–water partition coefficient (Wildman–Crippen LogP) is 5.73. The monoisotopic (exact) mass is 334 g/mol. The van der Waals surface area contributed by atoms with E-state index in [4.69, 9.17) is 4.18 Å². The Morgan fingerprint density at radius 1 is 0.826 bits per heavy atom. The summed E-state index contributed by atoms with van der Waals surface area (Å²) in [7, 11) is 0. The third-order valence-corrected chi connectivity index (χ3v) is 4.48. The Hall–Kier alpha value is -1.39. The molecule has 0 aliphatic carbocycles. The minimum Gasteiger partial charge on any atom is -0.379 e. The predicted molar refractivity (Wildman–Crippen MR) is 97.6 cm³/mol. The highest BCUT2D eigenvalue weighted by Gasteiger charge is 2.26. The summed E-state index contributed by atoms with van der Waals surface area (Å²) in [5.74, 6) is 1.42. The normalized spacial score (nSPS) is 13.3. The van der Waals surface area contributed by atoms with Gasteiger partial charge in [0.05, 0.1) is 0 Å². The van der Waals surface area contributed by atoms with Crippen molar-refractivity contribution in [1.82, 2.24) is 0 Å². The molecular weight excluding hydrogens is 308 g/mol. The van der Waals surface area contributed by atoms with Gasteiger partial charge in [-0.25, -0.2) is 0 Å². The van der Waals surface area contributed by atoms with Crippen molar-refractivity contribution >= 4 is 22.1 Å². The van der Waals surface area contributed by atoms with Crippen LogP contribution in [0.5, 0.6) is 5.75 Å². The highest BCUT2D eigenvalue weighted by molar-refractivity contribution is 7.74. The van der Waals surface area contributed by atoms with Crippen LogP contribution in [0.1, 0.15) is 76.0 Å². The maximum absolute atomic E-state index is 11.4. The summed E-state index contributed by atoms with van der Waals surface area (Å²) in [5, 5.41) is 2.02. The van der Waals surface area contributed by atoms with E-state index in [-0.39, 0.29) is 5.92 Å². The van der Waals surface area contributed by atoms with Crippen molar-refractivity contribution in [2.24, 2.45) is 0 Å². The molecule has 1 N–H and O–H groups in total. The fourth-order valence-corrected chi connectivity index (χ4v) is 3.77. The van der Waals surface area contributed by atoms with Gasteiger partial charge in [0.1, 0.15) is 0 Å². The third-order valence-electron chi connectivity index (χ3n) is 4.17. The molecule has 1 unspecified atom stereocenters. The van der Waals surface area contributed by atoms with Gasteiger partial charge in [0, 0.05) is 10.9 Å². The van der Waals surface area contributed by atoms with Gasteiger partial charge in [-0.15, -0.1) is 0 Å². The minimum absolute atomic E-state index is 0.202. The molecule has 0 aromatic heterocycles. The molecule has 0 heterocycles. The number of benzene rings is 2. The molecule has 0 aliphatic heterocycles. The van der Waals surface area contributed by atoms with Gasteiger partial charge in [0.2, 0.25) is 0 Å². The second-order valence-electron chi connectivity index (χ2n) is 6.88. The zero-order chi connectivity index (χ0) is 17.3. The SMILES string of the molecule is CC(C)c1c(C(C)C)c(C(C)C)c2ccccc2c1OS(=O)O. The Morgan fingerprint density at radius 3 is 1.74 bits per heavy atom. The van der Waals surface area contributed by atoms with Crippen molar-refractivity contribution in [1.29, 1.82) is 0 Å². The Kier molecular flexibility index (Phi) is 5.48. The molecule has 2 aromatic carbocycles. The second kappa shape index (κ2) is 7.02. The molecular formula is C19H26O3S. The Balaban J connectivity index is 3.04.